The van der Waals surface area contributed by atoms with E-state index in [-0.39, 0.29) is 0 Å². The Bertz CT molecular complexity index is 544. The van der Waals surface area contributed by atoms with Crippen LogP contribution in [0.3, 0.4) is 0 Å². The molecule has 2 rings (SSSR count). The van der Waals surface area contributed by atoms with Crippen LogP contribution in [0.5, 0.6) is 0 Å². The van der Waals surface area contributed by atoms with Crippen LogP contribution >= 0.6 is 11.6 Å². The Hall–Kier alpha value is -1.30. The van der Waals surface area contributed by atoms with E-state index in [0.29, 0.717) is 5.92 Å². The molecule has 6 heteroatoms. The van der Waals surface area contributed by atoms with Gasteiger partial charge in [0.15, 0.2) is 5.96 Å². The molecule has 0 amide bonds. The molecular formula is C20H33ClN4O. The van der Waals surface area contributed by atoms with E-state index in [9.17, 15) is 0 Å². The number of hydrogen-bond acceptors (Lipinski definition) is 3. The van der Waals surface area contributed by atoms with E-state index in [2.05, 4.69) is 32.7 Å². The number of rotatable bonds is 9. The maximum atomic E-state index is 6.28. The Morgan fingerprint density at radius 1 is 1.27 bits per heavy atom. The third kappa shape index (κ3) is 7.52. The number of benzene rings is 1. The Morgan fingerprint density at radius 2 is 2.04 bits per heavy atom. The minimum Gasteiger partial charge on any atom is -0.382 e. The third-order valence-corrected chi connectivity index (χ3v) is 5.17. The molecule has 1 saturated heterocycles. The van der Waals surface area contributed by atoms with Crippen LogP contribution in [0.15, 0.2) is 29.3 Å². The maximum absolute atomic E-state index is 6.28. The first kappa shape index (κ1) is 21.0. The molecule has 0 unspecified atom stereocenters. The number of hydrogen-bond donors (Lipinski definition) is 2. The monoisotopic (exact) mass is 380 g/mol. The first-order chi connectivity index (χ1) is 12.7. The molecule has 0 aliphatic carbocycles. The number of halogens is 1. The minimum absolute atomic E-state index is 0.694. The van der Waals surface area contributed by atoms with Gasteiger partial charge in [-0.3, -0.25) is 9.89 Å². The Labute approximate surface area is 163 Å². The predicted octanol–water partition coefficient (Wildman–Crippen LogP) is 3.14. The van der Waals surface area contributed by atoms with Crippen LogP contribution in [0.1, 0.15) is 31.7 Å². The lowest BCUT2D eigenvalue weighted by molar-refractivity contribution is 0.145. The zero-order chi connectivity index (χ0) is 18.6. The molecule has 1 aromatic rings. The average molecular weight is 381 g/mol. The largest absolute Gasteiger partial charge is 0.382 e. The molecule has 0 atom stereocenters. The highest BCUT2D eigenvalue weighted by atomic mass is 35.5. The number of ether oxygens (including phenoxy) is 1. The minimum atomic E-state index is 0.694. The van der Waals surface area contributed by atoms with Crippen LogP contribution in [-0.4, -0.2) is 57.3 Å². The molecule has 2 N–H and O–H groups in total. The van der Waals surface area contributed by atoms with Gasteiger partial charge in [0.25, 0.3) is 0 Å². The fourth-order valence-electron chi connectivity index (χ4n) is 3.20. The molecule has 0 saturated carbocycles. The highest BCUT2D eigenvalue weighted by molar-refractivity contribution is 6.31. The lowest BCUT2D eigenvalue weighted by Crippen LogP contribution is -2.43. The highest BCUT2D eigenvalue weighted by Crippen LogP contribution is 2.21. The van der Waals surface area contributed by atoms with Crippen molar-refractivity contribution in [3.05, 3.63) is 34.9 Å². The molecule has 5 nitrogen and oxygen atoms in total. The van der Waals surface area contributed by atoms with Crippen LogP contribution in [0, 0.1) is 5.92 Å². The number of aliphatic imine (C=N–C) groups is 1. The Balaban J connectivity index is 1.62. The topological polar surface area (TPSA) is 48.9 Å². The molecule has 1 aromatic carbocycles. The molecule has 0 bridgehead atoms. The summed E-state index contributed by atoms with van der Waals surface area (Å²) in [7, 11) is 1.82. The van der Waals surface area contributed by atoms with Crippen molar-refractivity contribution < 1.29 is 4.74 Å². The van der Waals surface area contributed by atoms with Crippen molar-refractivity contribution in [2.75, 3.05) is 46.4 Å². The van der Waals surface area contributed by atoms with E-state index in [4.69, 9.17) is 16.3 Å². The van der Waals surface area contributed by atoms with Crippen molar-refractivity contribution in [1.82, 2.24) is 15.5 Å². The van der Waals surface area contributed by atoms with Crippen molar-refractivity contribution in [2.45, 2.75) is 32.7 Å². The number of likely N-dealkylation sites (tertiary alicyclic amines) is 1. The molecule has 1 aliphatic heterocycles. The SMILES string of the molecule is CCOCCCNC(=NC)NCC1CCN(Cc2ccccc2Cl)CC1. The van der Waals surface area contributed by atoms with E-state index in [1.165, 1.54) is 18.4 Å². The lowest BCUT2D eigenvalue weighted by Gasteiger charge is -2.32. The summed E-state index contributed by atoms with van der Waals surface area (Å²) in [6, 6.07) is 8.14. The summed E-state index contributed by atoms with van der Waals surface area (Å²) in [6.07, 6.45) is 3.41. The fraction of sp³-hybridized carbons (Fsp3) is 0.650. The summed E-state index contributed by atoms with van der Waals surface area (Å²) in [5.41, 5.74) is 1.22. The van der Waals surface area contributed by atoms with Gasteiger partial charge in [-0.1, -0.05) is 29.8 Å². The lowest BCUT2D eigenvalue weighted by atomic mass is 9.96. The van der Waals surface area contributed by atoms with Crippen LogP contribution in [0.4, 0.5) is 0 Å². The van der Waals surface area contributed by atoms with E-state index >= 15 is 0 Å². The molecule has 0 radical (unpaired) electrons. The normalized spacial score (nSPS) is 16.7. The summed E-state index contributed by atoms with van der Waals surface area (Å²) in [4.78, 5) is 6.80. The highest BCUT2D eigenvalue weighted by Gasteiger charge is 2.20. The van der Waals surface area contributed by atoms with Crippen LogP contribution in [0.2, 0.25) is 5.02 Å². The van der Waals surface area contributed by atoms with Gasteiger partial charge in [-0.05, 0) is 56.8 Å². The molecular weight excluding hydrogens is 348 g/mol. The second kappa shape index (κ2) is 12.2. The second-order valence-corrected chi connectivity index (χ2v) is 7.15. The molecule has 146 valence electrons. The molecule has 26 heavy (non-hydrogen) atoms. The zero-order valence-corrected chi connectivity index (χ0v) is 16.9. The number of guanidine groups is 1. The van der Waals surface area contributed by atoms with Crippen LogP contribution < -0.4 is 10.6 Å². The summed E-state index contributed by atoms with van der Waals surface area (Å²) in [6.45, 7) is 8.65. The van der Waals surface area contributed by atoms with Gasteiger partial charge in [0.2, 0.25) is 0 Å². The number of nitrogens with one attached hydrogen (secondary N) is 2. The predicted molar refractivity (Wildman–Crippen MR) is 110 cm³/mol. The molecule has 1 heterocycles. The van der Waals surface area contributed by atoms with E-state index in [1.54, 1.807) is 0 Å². The molecule has 1 fully saturated rings. The molecule has 1 aliphatic rings. The van der Waals surface area contributed by atoms with Gasteiger partial charge >= 0.3 is 0 Å². The van der Waals surface area contributed by atoms with Crippen LogP contribution in [0.25, 0.3) is 0 Å². The first-order valence-electron chi connectivity index (χ1n) is 9.71. The van der Waals surface area contributed by atoms with Gasteiger partial charge in [0.05, 0.1) is 0 Å². The van der Waals surface area contributed by atoms with Gasteiger partial charge in [-0.25, -0.2) is 0 Å². The van der Waals surface area contributed by atoms with Gasteiger partial charge < -0.3 is 15.4 Å². The van der Waals surface area contributed by atoms with Crippen molar-refractivity contribution >= 4 is 17.6 Å². The smallest absolute Gasteiger partial charge is 0.190 e. The van der Waals surface area contributed by atoms with E-state index in [1.807, 2.05) is 26.1 Å². The summed E-state index contributed by atoms with van der Waals surface area (Å²) in [5.74, 6) is 1.58. The summed E-state index contributed by atoms with van der Waals surface area (Å²) in [5, 5.41) is 7.68. The van der Waals surface area contributed by atoms with Gasteiger partial charge in [0.1, 0.15) is 0 Å². The van der Waals surface area contributed by atoms with Crippen molar-refractivity contribution in [1.29, 1.82) is 0 Å². The van der Waals surface area contributed by atoms with Crippen molar-refractivity contribution in [3.63, 3.8) is 0 Å². The van der Waals surface area contributed by atoms with Crippen LogP contribution in [-0.2, 0) is 11.3 Å². The number of nitrogens with zero attached hydrogens (tertiary/aromatic N) is 2. The Kier molecular flexibility index (Phi) is 9.82. The average Bonchev–Trinajstić information content (AvgIpc) is 2.67. The number of piperidine rings is 1. The van der Waals surface area contributed by atoms with Gasteiger partial charge in [-0.15, -0.1) is 0 Å². The summed E-state index contributed by atoms with van der Waals surface area (Å²) < 4.78 is 5.35. The quantitative estimate of drug-likeness (QED) is 0.392. The van der Waals surface area contributed by atoms with Crippen molar-refractivity contribution in [2.24, 2.45) is 10.9 Å². The van der Waals surface area contributed by atoms with E-state index in [0.717, 1.165) is 63.3 Å². The molecule has 0 aromatic heterocycles. The Morgan fingerprint density at radius 3 is 2.73 bits per heavy atom. The van der Waals surface area contributed by atoms with E-state index < -0.39 is 0 Å². The van der Waals surface area contributed by atoms with Gasteiger partial charge in [0, 0.05) is 44.9 Å². The third-order valence-electron chi connectivity index (χ3n) is 4.80. The first-order valence-corrected chi connectivity index (χ1v) is 10.1. The maximum Gasteiger partial charge on any atom is 0.190 e. The van der Waals surface area contributed by atoms with Gasteiger partial charge in [-0.2, -0.15) is 0 Å². The second-order valence-electron chi connectivity index (χ2n) is 6.74. The summed E-state index contributed by atoms with van der Waals surface area (Å²) >= 11 is 6.28. The standard InChI is InChI=1S/C20H33ClN4O/c1-3-26-14-6-11-23-20(22-2)24-15-17-9-12-25(13-10-17)16-18-7-4-5-8-19(18)21/h4-5,7-8,17H,3,6,9-16H2,1-2H3,(H2,22,23,24). The zero-order valence-electron chi connectivity index (χ0n) is 16.1. The fourth-order valence-corrected chi connectivity index (χ4v) is 3.40. The van der Waals surface area contributed by atoms with Crippen molar-refractivity contribution in [3.8, 4) is 0 Å². The molecule has 0 spiro atoms.